The van der Waals surface area contributed by atoms with E-state index >= 15 is 0 Å². The van der Waals surface area contributed by atoms with Crippen LogP contribution in [0.25, 0.3) is 0 Å². The Balaban J connectivity index is 1.82. The third kappa shape index (κ3) is 2.31. The van der Waals surface area contributed by atoms with Gasteiger partial charge in [0.05, 0.1) is 5.69 Å². The van der Waals surface area contributed by atoms with Crippen molar-refractivity contribution in [1.82, 2.24) is 9.55 Å². The lowest BCUT2D eigenvalue weighted by Crippen LogP contribution is -2.30. The van der Waals surface area contributed by atoms with Crippen LogP contribution >= 0.6 is 0 Å². The molecule has 0 aliphatic carbocycles. The second-order valence-electron chi connectivity index (χ2n) is 5.26. The van der Waals surface area contributed by atoms with Crippen molar-refractivity contribution >= 4 is 0 Å². The molecule has 2 aromatic rings. The molecule has 94 valence electrons. The first-order valence-corrected chi connectivity index (χ1v) is 6.57. The molecule has 0 amide bonds. The molecule has 1 unspecified atom stereocenters. The number of aryl methyl sites for hydroxylation is 2. The molecular formula is C15H19N3. The quantitative estimate of drug-likeness (QED) is 0.874. The van der Waals surface area contributed by atoms with Crippen molar-refractivity contribution < 1.29 is 0 Å². The van der Waals surface area contributed by atoms with Crippen LogP contribution in [0.5, 0.6) is 0 Å². The van der Waals surface area contributed by atoms with Crippen molar-refractivity contribution in [1.29, 1.82) is 0 Å². The van der Waals surface area contributed by atoms with Gasteiger partial charge in [0.15, 0.2) is 0 Å². The highest BCUT2D eigenvalue weighted by molar-refractivity contribution is 5.26. The lowest BCUT2D eigenvalue weighted by molar-refractivity contribution is 0.463. The molecule has 1 atom stereocenters. The molecule has 18 heavy (non-hydrogen) atoms. The fourth-order valence-electron chi connectivity index (χ4n) is 2.63. The van der Waals surface area contributed by atoms with E-state index in [1.165, 1.54) is 11.1 Å². The second-order valence-corrected chi connectivity index (χ2v) is 5.26. The Morgan fingerprint density at radius 1 is 1.44 bits per heavy atom. The molecule has 0 saturated heterocycles. The molecule has 3 rings (SSSR count). The SMILES string of the molecule is Cc1cccc(Cc2cn3c(n2)CC(N)CC3)c1. The van der Waals surface area contributed by atoms with Gasteiger partial charge in [-0.15, -0.1) is 0 Å². The van der Waals surface area contributed by atoms with Crippen LogP contribution in [0.3, 0.4) is 0 Å². The number of hydrogen-bond acceptors (Lipinski definition) is 2. The zero-order valence-electron chi connectivity index (χ0n) is 10.8. The number of nitrogens with zero attached hydrogens (tertiary/aromatic N) is 2. The van der Waals surface area contributed by atoms with E-state index in [0.29, 0.717) is 0 Å². The topological polar surface area (TPSA) is 43.8 Å². The highest BCUT2D eigenvalue weighted by atomic mass is 15.1. The number of aromatic nitrogens is 2. The summed E-state index contributed by atoms with van der Waals surface area (Å²) in [6, 6.07) is 8.91. The summed E-state index contributed by atoms with van der Waals surface area (Å²) in [7, 11) is 0. The molecule has 3 nitrogen and oxygen atoms in total. The van der Waals surface area contributed by atoms with E-state index in [4.69, 9.17) is 10.7 Å². The minimum absolute atomic E-state index is 0.284. The fourth-order valence-corrected chi connectivity index (χ4v) is 2.63. The molecule has 0 spiro atoms. The van der Waals surface area contributed by atoms with E-state index in [1.54, 1.807) is 0 Å². The Hall–Kier alpha value is -1.61. The van der Waals surface area contributed by atoms with Gasteiger partial charge in [0.2, 0.25) is 0 Å². The number of hydrogen-bond donors (Lipinski definition) is 1. The van der Waals surface area contributed by atoms with Crippen LogP contribution in [0, 0.1) is 6.92 Å². The first-order valence-electron chi connectivity index (χ1n) is 6.57. The third-order valence-electron chi connectivity index (χ3n) is 3.56. The van der Waals surface area contributed by atoms with Gasteiger partial charge in [-0.1, -0.05) is 29.8 Å². The monoisotopic (exact) mass is 241 g/mol. The molecule has 0 radical (unpaired) electrons. The molecule has 0 fully saturated rings. The van der Waals surface area contributed by atoms with Crippen molar-refractivity contribution in [3.63, 3.8) is 0 Å². The van der Waals surface area contributed by atoms with E-state index < -0.39 is 0 Å². The molecule has 0 saturated carbocycles. The summed E-state index contributed by atoms with van der Waals surface area (Å²) in [6.45, 7) is 3.14. The zero-order chi connectivity index (χ0) is 12.5. The molecular weight excluding hydrogens is 222 g/mol. The Morgan fingerprint density at radius 3 is 3.17 bits per heavy atom. The van der Waals surface area contributed by atoms with E-state index in [-0.39, 0.29) is 6.04 Å². The number of imidazole rings is 1. The van der Waals surface area contributed by atoms with Gasteiger partial charge in [-0.2, -0.15) is 0 Å². The number of fused-ring (bicyclic) bond motifs is 1. The van der Waals surface area contributed by atoms with Crippen LogP contribution in [-0.4, -0.2) is 15.6 Å². The van der Waals surface area contributed by atoms with Crippen LogP contribution in [0.2, 0.25) is 0 Å². The minimum Gasteiger partial charge on any atom is -0.335 e. The van der Waals surface area contributed by atoms with Crippen LogP contribution in [0.1, 0.15) is 29.1 Å². The Labute approximate surface area is 108 Å². The average Bonchev–Trinajstić information content (AvgIpc) is 2.70. The Morgan fingerprint density at radius 2 is 2.33 bits per heavy atom. The first kappa shape index (κ1) is 11.5. The summed E-state index contributed by atoms with van der Waals surface area (Å²) in [5, 5.41) is 0. The first-order chi connectivity index (χ1) is 8.70. The van der Waals surface area contributed by atoms with Gasteiger partial charge in [0.1, 0.15) is 5.82 Å². The lowest BCUT2D eigenvalue weighted by atomic mass is 10.1. The highest BCUT2D eigenvalue weighted by Crippen LogP contribution is 2.16. The predicted molar refractivity (Wildman–Crippen MR) is 72.5 cm³/mol. The summed E-state index contributed by atoms with van der Waals surface area (Å²) in [6.07, 6.45) is 5.07. The van der Waals surface area contributed by atoms with Gasteiger partial charge < -0.3 is 10.3 Å². The number of nitrogens with two attached hydrogens (primary N) is 1. The van der Waals surface area contributed by atoms with Crippen LogP contribution in [-0.2, 0) is 19.4 Å². The van der Waals surface area contributed by atoms with Crippen molar-refractivity contribution in [3.05, 3.63) is 53.1 Å². The minimum atomic E-state index is 0.284. The molecule has 1 aliphatic heterocycles. The normalized spacial score (nSPS) is 18.7. The number of benzene rings is 1. The molecule has 3 heteroatoms. The maximum Gasteiger partial charge on any atom is 0.110 e. The van der Waals surface area contributed by atoms with E-state index in [0.717, 1.165) is 37.3 Å². The van der Waals surface area contributed by atoms with Gasteiger partial charge in [0, 0.05) is 31.6 Å². The van der Waals surface area contributed by atoms with E-state index in [1.807, 2.05) is 0 Å². The highest BCUT2D eigenvalue weighted by Gasteiger charge is 2.17. The number of rotatable bonds is 2. The summed E-state index contributed by atoms with van der Waals surface area (Å²) in [4.78, 5) is 4.71. The van der Waals surface area contributed by atoms with Crippen LogP contribution < -0.4 is 5.73 Å². The molecule has 2 heterocycles. The summed E-state index contributed by atoms with van der Waals surface area (Å²) in [5.41, 5.74) is 9.77. The van der Waals surface area contributed by atoms with Crippen molar-refractivity contribution in [2.45, 2.75) is 38.8 Å². The summed E-state index contributed by atoms with van der Waals surface area (Å²) < 4.78 is 2.26. The van der Waals surface area contributed by atoms with Gasteiger partial charge in [-0.05, 0) is 18.9 Å². The maximum absolute atomic E-state index is 5.98. The van der Waals surface area contributed by atoms with Gasteiger partial charge in [0.25, 0.3) is 0 Å². The molecule has 0 bridgehead atoms. The maximum atomic E-state index is 5.98. The van der Waals surface area contributed by atoms with Crippen molar-refractivity contribution in [3.8, 4) is 0 Å². The molecule has 2 N–H and O–H groups in total. The predicted octanol–water partition coefficient (Wildman–Crippen LogP) is 2.06. The fraction of sp³-hybridized carbons (Fsp3) is 0.400. The zero-order valence-corrected chi connectivity index (χ0v) is 10.8. The Kier molecular flexibility index (Phi) is 2.92. The largest absolute Gasteiger partial charge is 0.335 e. The smallest absolute Gasteiger partial charge is 0.110 e. The van der Waals surface area contributed by atoms with E-state index in [2.05, 4.69) is 42.0 Å². The summed E-state index contributed by atoms with van der Waals surface area (Å²) >= 11 is 0. The average molecular weight is 241 g/mol. The van der Waals surface area contributed by atoms with E-state index in [9.17, 15) is 0 Å². The van der Waals surface area contributed by atoms with Gasteiger partial charge in [-0.3, -0.25) is 0 Å². The standard InChI is InChI=1S/C15H19N3/c1-11-3-2-4-12(7-11)8-14-10-18-6-5-13(16)9-15(18)17-14/h2-4,7,10,13H,5-6,8-9,16H2,1H3. The summed E-state index contributed by atoms with van der Waals surface area (Å²) in [5.74, 6) is 1.15. The van der Waals surface area contributed by atoms with Gasteiger partial charge in [-0.25, -0.2) is 4.98 Å². The van der Waals surface area contributed by atoms with Crippen molar-refractivity contribution in [2.75, 3.05) is 0 Å². The van der Waals surface area contributed by atoms with Gasteiger partial charge >= 0.3 is 0 Å². The lowest BCUT2D eigenvalue weighted by Gasteiger charge is -2.18. The molecule has 1 aliphatic rings. The van der Waals surface area contributed by atoms with Crippen molar-refractivity contribution in [2.24, 2.45) is 5.73 Å². The van der Waals surface area contributed by atoms with Crippen LogP contribution in [0.4, 0.5) is 0 Å². The molecule has 1 aromatic carbocycles. The third-order valence-corrected chi connectivity index (χ3v) is 3.56. The molecule has 1 aromatic heterocycles. The Bertz CT molecular complexity index is 557. The second kappa shape index (κ2) is 4.58. The van der Waals surface area contributed by atoms with Crippen LogP contribution in [0.15, 0.2) is 30.5 Å².